The van der Waals surface area contributed by atoms with Crippen molar-refractivity contribution in [3.05, 3.63) is 18.3 Å². The molecule has 0 bridgehead atoms. The molecule has 0 aliphatic heterocycles. The van der Waals surface area contributed by atoms with Gasteiger partial charge in [-0.25, -0.2) is 4.98 Å². The summed E-state index contributed by atoms with van der Waals surface area (Å²) >= 11 is 0. The summed E-state index contributed by atoms with van der Waals surface area (Å²) in [7, 11) is 1.59. The lowest BCUT2D eigenvalue weighted by Crippen LogP contribution is -2.05. The second-order valence-electron chi connectivity index (χ2n) is 2.70. The van der Waals surface area contributed by atoms with Crippen LogP contribution in [0.15, 0.2) is 18.3 Å². The fraction of sp³-hybridized carbons (Fsp3) is 0.444. The Bertz CT molecular complexity index is 231. The van der Waals surface area contributed by atoms with Crippen molar-refractivity contribution in [2.75, 3.05) is 7.11 Å². The summed E-state index contributed by atoms with van der Waals surface area (Å²) < 4.78 is 10.3. The van der Waals surface area contributed by atoms with Gasteiger partial charge in [-0.05, 0) is 19.9 Å². The molecule has 1 aromatic heterocycles. The van der Waals surface area contributed by atoms with Gasteiger partial charge in [0, 0.05) is 6.07 Å². The molecule has 0 amide bonds. The molecule has 1 heterocycles. The smallest absolute Gasteiger partial charge is 0.213 e. The van der Waals surface area contributed by atoms with Gasteiger partial charge in [-0.2, -0.15) is 0 Å². The third-order valence-electron chi connectivity index (χ3n) is 1.29. The van der Waals surface area contributed by atoms with E-state index in [9.17, 15) is 0 Å². The largest absolute Gasteiger partial charge is 0.489 e. The summed E-state index contributed by atoms with van der Waals surface area (Å²) in [6.45, 7) is 3.95. The van der Waals surface area contributed by atoms with Gasteiger partial charge < -0.3 is 9.47 Å². The Kier molecular flexibility index (Phi) is 2.91. The van der Waals surface area contributed by atoms with Crippen LogP contribution in [0.3, 0.4) is 0 Å². The maximum Gasteiger partial charge on any atom is 0.213 e. The first-order valence-corrected chi connectivity index (χ1v) is 3.89. The van der Waals surface area contributed by atoms with Crippen LogP contribution < -0.4 is 9.47 Å². The summed E-state index contributed by atoms with van der Waals surface area (Å²) in [5.74, 6) is 1.37. The number of pyridine rings is 1. The number of aromatic nitrogens is 1. The van der Waals surface area contributed by atoms with Crippen molar-refractivity contribution in [3.8, 4) is 11.6 Å². The van der Waals surface area contributed by atoms with Gasteiger partial charge in [0.2, 0.25) is 5.88 Å². The molecule has 0 saturated carbocycles. The summed E-state index contributed by atoms with van der Waals surface area (Å²) in [6.07, 6.45) is 1.83. The predicted molar refractivity (Wildman–Crippen MR) is 46.6 cm³/mol. The predicted octanol–water partition coefficient (Wildman–Crippen LogP) is 1.88. The van der Waals surface area contributed by atoms with E-state index in [2.05, 4.69) is 4.98 Å². The topological polar surface area (TPSA) is 31.4 Å². The van der Waals surface area contributed by atoms with Crippen molar-refractivity contribution >= 4 is 0 Å². The van der Waals surface area contributed by atoms with Crippen LogP contribution in [0.25, 0.3) is 0 Å². The highest BCUT2D eigenvalue weighted by Crippen LogP contribution is 2.14. The Labute approximate surface area is 72.3 Å². The highest BCUT2D eigenvalue weighted by atomic mass is 16.5. The molecule has 0 aliphatic carbocycles. The monoisotopic (exact) mass is 167 g/mol. The van der Waals surface area contributed by atoms with E-state index < -0.39 is 0 Å². The number of hydrogen-bond acceptors (Lipinski definition) is 3. The van der Waals surface area contributed by atoms with E-state index in [0.29, 0.717) is 5.88 Å². The Hall–Kier alpha value is -1.25. The molecule has 0 spiro atoms. The molecule has 0 aromatic carbocycles. The maximum absolute atomic E-state index is 5.40. The fourth-order valence-electron chi connectivity index (χ4n) is 0.829. The van der Waals surface area contributed by atoms with Gasteiger partial charge in [0.1, 0.15) is 5.75 Å². The van der Waals surface area contributed by atoms with E-state index in [1.54, 1.807) is 19.4 Å². The van der Waals surface area contributed by atoms with Crippen LogP contribution in [0.4, 0.5) is 0 Å². The van der Waals surface area contributed by atoms with E-state index >= 15 is 0 Å². The van der Waals surface area contributed by atoms with E-state index in [-0.39, 0.29) is 6.10 Å². The van der Waals surface area contributed by atoms with Crippen LogP contribution in [-0.4, -0.2) is 18.2 Å². The summed E-state index contributed by atoms with van der Waals surface area (Å²) in [6, 6.07) is 3.61. The first kappa shape index (κ1) is 8.84. The minimum atomic E-state index is 0.181. The van der Waals surface area contributed by atoms with Gasteiger partial charge in [0.15, 0.2) is 0 Å². The molecule has 0 saturated heterocycles. The molecular formula is C9H13NO2. The van der Waals surface area contributed by atoms with Gasteiger partial charge in [0.25, 0.3) is 0 Å². The molecule has 12 heavy (non-hydrogen) atoms. The quantitative estimate of drug-likeness (QED) is 0.688. The van der Waals surface area contributed by atoms with Crippen LogP contribution >= 0.6 is 0 Å². The Balaban J connectivity index is 2.65. The third kappa shape index (κ3) is 2.42. The Morgan fingerprint density at radius 3 is 2.50 bits per heavy atom. The zero-order chi connectivity index (χ0) is 8.97. The highest BCUT2D eigenvalue weighted by Gasteiger charge is 1.97. The fourth-order valence-corrected chi connectivity index (χ4v) is 0.829. The third-order valence-corrected chi connectivity index (χ3v) is 1.29. The van der Waals surface area contributed by atoms with Crippen molar-refractivity contribution < 1.29 is 9.47 Å². The first-order valence-electron chi connectivity index (χ1n) is 3.89. The van der Waals surface area contributed by atoms with Gasteiger partial charge in [0.05, 0.1) is 19.4 Å². The molecule has 0 atom stereocenters. The molecule has 3 nitrogen and oxygen atoms in total. The van der Waals surface area contributed by atoms with Gasteiger partial charge in [-0.3, -0.25) is 0 Å². The number of hydrogen-bond donors (Lipinski definition) is 0. The van der Waals surface area contributed by atoms with Crippen molar-refractivity contribution in [1.29, 1.82) is 0 Å². The Morgan fingerprint density at radius 2 is 2.08 bits per heavy atom. The lowest BCUT2D eigenvalue weighted by molar-refractivity contribution is 0.240. The normalized spacial score (nSPS) is 10.0. The molecule has 0 fully saturated rings. The second kappa shape index (κ2) is 3.95. The van der Waals surface area contributed by atoms with Gasteiger partial charge >= 0.3 is 0 Å². The zero-order valence-electron chi connectivity index (χ0n) is 7.57. The zero-order valence-corrected chi connectivity index (χ0v) is 7.57. The molecule has 1 aromatic rings. The lowest BCUT2D eigenvalue weighted by Gasteiger charge is -2.08. The van der Waals surface area contributed by atoms with E-state index in [0.717, 1.165) is 5.75 Å². The van der Waals surface area contributed by atoms with Crippen molar-refractivity contribution in [2.24, 2.45) is 0 Å². The SMILES string of the molecule is COc1ccc(OC(C)C)cn1. The maximum atomic E-state index is 5.40. The van der Waals surface area contributed by atoms with Crippen LogP contribution in [0.1, 0.15) is 13.8 Å². The van der Waals surface area contributed by atoms with Crippen LogP contribution in [-0.2, 0) is 0 Å². The molecule has 0 N–H and O–H groups in total. The van der Waals surface area contributed by atoms with E-state index in [4.69, 9.17) is 9.47 Å². The van der Waals surface area contributed by atoms with Gasteiger partial charge in [-0.15, -0.1) is 0 Å². The second-order valence-corrected chi connectivity index (χ2v) is 2.70. The van der Waals surface area contributed by atoms with Crippen molar-refractivity contribution in [3.63, 3.8) is 0 Å². The lowest BCUT2D eigenvalue weighted by atomic mass is 10.4. The minimum absolute atomic E-state index is 0.181. The van der Waals surface area contributed by atoms with Crippen molar-refractivity contribution in [1.82, 2.24) is 4.98 Å². The molecular weight excluding hydrogens is 154 g/mol. The van der Waals surface area contributed by atoms with Crippen LogP contribution in [0.2, 0.25) is 0 Å². The molecule has 0 unspecified atom stereocenters. The summed E-state index contributed by atoms with van der Waals surface area (Å²) in [4.78, 5) is 4.00. The number of ether oxygens (including phenoxy) is 2. The molecule has 0 aliphatic rings. The molecule has 3 heteroatoms. The first-order chi connectivity index (χ1) is 5.72. The number of methoxy groups -OCH3 is 1. The summed E-state index contributed by atoms with van der Waals surface area (Å²) in [5, 5.41) is 0. The standard InChI is InChI=1S/C9H13NO2/c1-7(2)12-8-4-5-9(11-3)10-6-8/h4-7H,1-3H3. The Morgan fingerprint density at radius 1 is 1.33 bits per heavy atom. The van der Waals surface area contributed by atoms with E-state index in [1.165, 1.54) is 0 Å². The average molecular weight is 167 g/mol. The van der Waals surface area contributed by atoms with Crippen molar-refractivity contribution in [2.45, 2.75) is 20.0 Å². The van der Waals surface area contributed by atoms with Gasteiger partial charge in [-0.1, -0.05) is 0 Å². The minimum Gasteiger partial charge on any atom is -0.489 e. The molecule has 1 rings (SSSR count). The molecule has 66 valence electrons. The highest BCUT2D eigenvalue weighted by molar-refractivity contribution is 5.22. The number of rotatable bonds is 3. The molecule has 0 radical (unpaired) electrons. The van der Waals surface area contributed by atoms with Crippen LogP contribution in [0.5, 0.6) is 11.6 Å². The van der Waals surface area contributed by atoms with E-state index in [1.807, 2.05) is 19.9 Å². The van der Waals surface area contributed by atoms with Crippen LogP contribution in [0, 0.1) is 0 Å². The average Bonchev–Trinajstić information content (AvgIpc) is 2.05. The summed E-state index contributed by atoms with van der Waals surface area (Å²) in [5.41, 5.74) is 0. The number of nitrogens with zero attached hydrogens (tertiary/aromatic N) is 1.